The molecule has 6 nitrogen and oxygen atoms in total. The third-order valence-corrected chi connectivity index (χ3v) is 6.35. The van der Waals surface area contributed by atoms with Crippen LogP contribution in [-0.2, 0) is 22.6 Å². The molecule has 0 spiro atoms. The number of benzene rings is 3. The molecule has 0 unspecified atom stereocenters. The quantitative estimate of drug-likeness (QED) is 0.450. The summed E-state index contributed by atoms with van der Waals surface area (Å²) in [4.78, 5) is 29.6. The molecule has 1 saturated heterocycles. The van der Waals surface area contributed by atoms with Crippen LogP contribution < -0.4 is 10.1 Å². The third-order valence-electron chi connectivity index (χ3n) is 5.89. The Morgan fingerprint density at radius 3 is 2.34 bits per heavy atom. The van der Waals surface area contributed by atoms with Gasteiger partial charge in [0.05, 0.1) is 20.1 Å². The van der Waals surface area contributed by atoms with Crippen LogP contribution in [0.15, 0.2) is 78.9 Å². The summed E-state index contributed by atoms with van der Waals surface area (Å²) in [5.74, 6) is -0.189. The van der Waals surface area contributed by atoms with Crippen molar-refractivity contribution in [3.63, 3.8) is 0 Å². The number of rotatable bonds is 9. The second-order valence-electron chi connectivity index (χ2n) is 8.26. The lowest BCUT2D eigenvalue weighted by Gasteiger charge is -2.24. The molecule has 0 saturated carbocycles. The number of ether oxygens (including phenoxy) is 1. The topological polar surface area (TPSA) is 61.9 Å². The fraction of sp³-hybridized carbons (Fsp3) is 0.222. The van der Waals surface area contributed by atoms with E-state index in [9.17, 15) is 14.0 Å². The van der Waals surface area contributed by atoms with Gasteiger partial charge in [-0.05, 0) is 66.2 Å². The van der Waals surface area contributed by atoms with Crippen LogP contribution in [0.2, 0.25) is 0 Å². The monoisotopic (exact) mass is 491 g/mol. The van der Waals surface area contributed by atoms with Gasteiger partial charge in [-0.2, -0.15) is 0 Å². The van der Waals surface area contributed by atoms with Crippen LogP contribution in [0.1, 0.15) is 17.5 Å². The first-order valence-electron chi connectivity index (χ1n) is 11.3. The smallest absolute Gasteiger partial charge is 0.252 e. The number of carbonyl (C=O) groups is 2. The lowest BCUT2D eigenvalue weighted by atomic mass is 10.1. The molecule has 0 radical (unpaired) electrons. The Bertz CT molecular complexity index is 1190. The van der Waals surface area contributed by atoms with E-state index in [1.54, 1.807) is 43.5 Å². The van der Waals surface area contributed by atoms with E-state index >= 15 is 0 Å². The summed E-state index contributed by atoms with van der Waals surface area (Å²) in [5.41, 5.74) is 2.48. The van der Waals surface area contributed by atoms with Crippen molar-refractivity contribution in [2.75, 3.05) is 19.0 Å². The maximum atomic E-state index is 13.4. The molecule has 3 aromatic carbocycles. The summed E-state index contributed by atoms with van der Waals surface area (Å²) in [7, 11) is 1.57. The van der Waals surface area contributed by atoms with E-state index in [0.29, 0.717) is 29.5 Å². The number of hydrogen-bond donors (Lipinski definition) is 1. The van der Waals surface area contributed by atoms with E-state index in [0.717, 1.165) is 11.1 Å². The maximum absolute atomic E-state index is 13.4. The van der Waals surface area contributed by atoms with E-state index in [1.165, 1.54) is 17.0 Å². The van der Waals surface area contributed by atoms with Crippen molar-refractivity contribution in [1.82, 2.24) is 9.80 Å². The molecule has 3 aromatic rings. The van der Waals surface area contributed by atoms with Gasteiger partial charge in [0.2, 0.25) is 5.91 Å². The molecule has 8 heteroatoms. The summed E-state index contributed by atoms with van der Waals surface area (Å²) in [6.07, 6.45) is 0.634. The molecule has 1 atom stereocenters. The van der Waals surface area contributed by atoms with Gasteiger partial charge in [0.15, 0.2) is 5.11 Å². The fourth-order valence-electron chi connectivity index (χ4n) is 4.02. The maximum Gasteiger partial charge on any atom is 0.252 e. The summed E-state index contributed by atoms with van der Waals surface area (Å²) >= 11 is 5.68. The van der Waals surface area contributed by atoms with Crippen molar-refractivity contribution in [3.8, 4) is 5.75 Å². The molecule has 1 aliphatic rings. The van der Waals surface area contributed by atoms with Crippen LogP contribution >= 0.6 is 12.2 Å². The molecule has 4 rings (SSSR count). The Morgan fingerprint density at radius 1 is 1.00 bits per heavy atom. The highest BCUT2D eigenvalue weighted by atomic mass is 32.1. The van der Waals surface area contributed by atoms with Crippen molar-refractivity contribution in [3.05, 3.63) is 95.8 Å². The molecule has 0 bridgehead atoms. The largest absolute Gasteiger partial charge is 0.497 e. The normalized spacial score (nSPS) is 15.4. The molecule has 0 aromatic heterocycles. The number of nitrogens with zero attached hydrogens (tertiary/aromatic N) is 2. The van der Waals surface area contributed by atoms with Crippen LogP contribution in [0.3, 0.4) is 0 Å². The summed E-state index contributed by atoms with van der Waals surface area (Å²) in [6, 6.07) is 22.1. The molecule has 1 N–H and O–H groups in total. The highest BCUT2D eigenvalue weighted by Gasteiger charge is 2.43. The number of nitrogens with one attached hydrogen (secondary N) is 1. The van der Waals surface area contributed by atoms with Crippen molar-refractivity contribution in [1.29, 1.82) is 0 Å². The third kappa shape index (κ3) is 6.02. The number of anilines is 1. The minimum atomic E-state index is -0.718. The van der Waals surface area contributed by atoms with E-state index in [2.05, 4.69) is 5.32 Å². The average molecular weight is 492 g/mol. The van der Waals surface area contributed by atoms with E-state index < -0.39 is 6.04 Å². The highest BCUT2D eigenvalue weighted by molar-refractivity contribution is 7.80. The predicted molar refractivity (Wildman–Crippen MR) is 136 cm³/mol. The molecule has 35 heavy (non-hydrogen) atoms. The number of methoxy groups -OCH3 is 1. The molecule has 180 valence electrons. The number of hydrogen-bond acceptors (Lipinski definition) is 4. The lowest BCUT2D eigenvalue weighted by molar-refractivity contribution is -0.131. The van der Waals surface area contributed by atoms with Gasteiger partial charge in [-0.15, -0.1) is 0 Å². The minimum Gasteiger partial charge on any atom is -0.497 e. The second kappa shape index (κ2) is 11.1. The standard InChI is InChI=1S/C27H26FN3O3S/c1-34-23-13-11-22(12-14-23)29-25(32)17-24-26(33)31(18-20-7-9-21(28)10-8-20)27(35)30(24)16-15-19-5-3-2-4-6-19/h2-14,24H,15-18H2,1H3,(H,29,32)/t24-/m1/s1. The Balaban J connectivity index is 1.50. The Labute approximate surface area is 209 Å². The Kier molecular flexibility index (Phi) is 7.72. The zero-order valence-corrected chi connectivity index (χ0v) is 20.1. The zero-order valence-electron chi connectivity index (χ0n) is 19.3. The summed E-state index contributed by atoms with van der Waals surface area (Å²) in [5, 5.41) is 3.22. The van der Waals surface area contributed by atoms with Crippen LogP contribution in [0.5, 0.6) is 5.75 Å². The van der Waals surface area contributed by atoms with Gasteiger partial charge in [-0.1, -0.05) is 42.5 Å². The van der Waals surface area contributed by atoms with Crippen LogP contribution in [0.4, 0.5) is 10.1 Å². The summed E-state index contributed by atoms with van der Waals surface area (Å²) in [6.45, 7) is 0.714. The van der Waals surface area contributed by atoms with Gasteiger partial charge in [-0.3, -0.25) is 14.5 Å². The molecule has 1 aliphatic heterocycles. The van der Waals surface area contributed by atoms with Gasteiger partial charge < -0.3 is 15.0 Å². The Hall–Kier alpha value is -3.78. The van der Waals surface area contributed by atoms with Crippen LogP contribution in [-0.4, -0.2) is 46.4 Å². The molecular weight excluding hydrogens is 465 g/mol. The molecule has 0 aliphatic carbocycles. The second-order valence-corrected chi connectivity index (χ2v) is 8.62. The predicted octanol–water partition coefficient (Wildman–Crippen LogP) is 4.40. The van der Waals surface area contributed by atoms with Crippen LogP contribution in [0.25, 0.3) is 0 Å². The van der Waals surface area contributed by atoms with E-state index in [4.69, 9.17) is 17.0 Å². The van der Waals surface area contributed by atoms with Crippen molar-refractivity contribution < 1.29 is 18.7 Å². The number of amides is 2. The lowest BCUT2D eigenvalue weighted by Crippen LogP contribution is -2.39. The van der Waals surface area contributed by atoms with Gasteiger partial charge in [0.1, 0.15) is 17.6 Å². The van der Waals surface area contributed by atoms with E-state index in [1.807, 2.05) is 35.2 Å². The molecule has 2 amide bonds. The summed E-state index contributed by atoms with van der Waals surface area (Å²) < 4.78 is 18.5. The number of thiocarbonyl (C=S) groups is 1. The first-order valence-corrected chi connectivity index (χ1v) is 11.7. The zero-order chi connectivity index (χ0) is 24.8. The van der Waals surface area contributed by atoms with Gasteiger partial charge in [0, 0.05) is 12.2 Å². The van der Waals surface area contributed by atoms with Crippen molar-refractivity contribution in [2.24, 2.45) is 0 Å². The highest BCUT2D eigenvalue weighted by Crippen LogP contribution is 2.24. The average Bonchev–Trinajstić information content (AvgIpc) is 3.08. The molecule has 1 heterocycles. The van der Waals surface area contributed by atoms with Crippen molar-refractivity contribution in [2.45, 2.75) is 25.4 Å². The van der Waals surface area contributed by atoms with Gasteiger partial charge in [-0.25, -0.2) is 4.39 Å². The molecular formula is C27H26FN3O3S. The number of halogens is 1. The number of carbonyl (C=O) groups excluding carboxylic acids is 2. The van der Waals surface area contributed by atoms with Gasteiger partial charge in [0.25, 0.3) is 5.91 Å². The first-order chi connectivity index (χ1) is 16.9. The fourth-order valence-corrected chi connectivity index (χ4v) is 4.39. The first kappa shape index (κ1) is 24.3. The van der Waals surface area contributed by atoms with Crippen molar-refractivity contribution >= 4 is 34.8 Å². The minimum absolute atomic E-state index is 0.0420. The van der Waals surface area contributed by atoms with E-state index in [-0.39, 0.29) is 30.6 Å². The van der Waals surface area contributed by atoms with Gasteiger partial charge >= 0.3 is 0 Å². The SMILES string of the molecule is COc1ccc(NC(=O)C[C@@H]2C(=O)N(Cc3ccc(F)cc3)C(=S)N2CCc2ccccc2)cc1. The molecule has 1 fully saturated rings. The Morgan fingerprint density at radius 2 is 1.69 bits per heavy atom. The van der Waals surface area contributed by atoms with Crippen LogP contribution in [0, 0.1) is 5.82 Å².